The number of nitrogens with one attached hydrogen (secondary N) is 1. The summed E-state index contributed by atoms with van der Waals surface area (Å²) in [7, 11) is -5.80. The Balaban J connectivity index is 1.69. The van der Waals surface area contributed by atoms with Gasteiger partial charge in [-0.1, -0.05) is 19.1 Å². The van der Waals surface area contributed by atoms with Crippen LogP contribution in [0.1, 0.15) is 25.3 Å². The van der Waals surface area contributed by atoms with Crippen molar-refractivity contribution in [3.8, 4) is 5.75 Å². The van der Waals surface area contributed by atoms with E-state index in [2.05, 4.69) is 11.6 Å². The Morgan fingerprint density at radius 1 is 0.931 bits per heavy atom. The molecule has 0 radical (unpaired) electrons. The van der Waals surface area contributed by atoms with Gasteiger partial charge >= 0.3 is 0 Å². The van der Waals surface area contributed by atoms with Crippen molar-refractivity contribution in [2.75, 3.05) is 20.2 Å². The summed E-state index contributed by atoms with van der Waals surface area (Å²) in [6, 6.07) is 12.4. The molecule has 0 saturated carbocycles. The molecular weight excluding hydrogens is 412 g/mol. The number of methoxy groups -OCH3 is 1. The van der Waals surface area contributed by atoms with Crippen LogP contribution in [0, 0.1) is 5.92 Å². The lowest BCUT2D eigenvalue weighted by Crippen LogP contribution is -2.37. The third-order valence-corrected chi connectivity index (χ3v) is 8.47. The third kappa shape index (κ3) is 5.16. The molecule has 0 atom stereocenters. The van der Waals surface area contributed by atoms with E-state index in [4.69, 9.17) is 4.74 Å². The van der Waals surface area contributed by atoms with Crippen molar-refractivity contribution in [2.45, 2.75) is 36.1 Å². The summed E-state index contributed by atoms with van der Waals surface area (Å²) in [5.74, 6) is 1.21. The monoisotopic (exact) mass is 438 g/mol. The van der Waals surface area contributed by atoms with E-state index in [1.807, 2.05) is 0 Å². The molecule has 3 rings (SSSR count). The minimum absolute atomic E-state index is 0.0252. The molecule has 1 N–H and O–H groups in total. The molecule has 1 saturated heterocycles. The SMILES string of the molecule is COc1ccc(CNS(=O)(=O)c2ccc(S(=O)(=O)N3CCC(C)CC3)cc2)cc1. The van der Waals surface area contributed by atoms with Gasteiger partial charge in [0, 0.05) is 19.6 Å². The molecule has 0 amide bonds. The van der Waals surface area contributed by atoms with Crippen LogP contribution < -0.4 is 9.46 Å². The predicted molar refractivity (Wildman–Crippen MR) is 111 cm³/mol. The minimum Gasteiger partial charge on any atom is -0.497 e. The highest BCUT2D eigenvalue weighted by Crippen LogP contribution is 2.24. The van der Waals surface area contributed by atoms with Gasteiger partial charge in [0.05, 0.1) is 16.9 Å². The van der Waals surface area contributed by atoms with Gasteiger partial charge in [-0.3, -0.25) is 0 Å². The number of hydrogen-bond donors (Lipinski definition) is 1. The zero-order valence-corrected chi connectivity index (χ0v) is 18.2. The van der Waals surface area contributed by atoms with Crippen molar-refractivity contribution in [1.82, 2.24) is 9.03 Å². The summed E-state index contributed by atoms with van der Waals surface area (Å²) in [6.07, 6.45) is 1.67. The van der Waals surface area contributed by atoms with Gasteiger partial charge in [-0.25, -0.2) is 21.6 Å². The van der Waals surface area contributed by atoms with Crippen LogP contribution in [0.2, 0.25) is 0 Å². The van der Waals surface area contributed by atoms with E-state index >= 15 is 0 Å². The first kappa shape index (κ1) is 21.8. The van der Waals surface area contributed by atoms with Crippen molar-refractivity contribution in [2.24, 2.45) is 5.92 Å². The van der Waals surface area contributed by atoms with Crippen LogP contribution in [0.15, 0.2) is 58.3 Å². The third-order valence-electron chi connectivity index (χ3n) is 5.14. The van der Waals surface area contributed by atoms with Gasteiger partial charge in [-0.2, -0.15) is 4.31 Å². The molecule has 29 heavy (non-hydrogen) atoms. The first-order valence-electron chi connectivity index (χ1n) is 9.45. The molecule has 9 heteroatoms. The molecule has 1 fully saturated rings. The summed E-state index contributed by atoms with van der Waals surface area (Å²) in [6.45, 7) is 3.22. The fourth-order valence-corrected chi connectivity index (χ4v) is 5.66. The molecule has 0 bridgehead atoms. The maximum absolute atomic E-state index is 12.8. The van der Waals surface area contributed by atoms with E-state index in [-0.39, 0.29) is 16.3 Å². The Morgan fingerprint density at radius 2 is 1.48 bits per heavy atom. The molecule has 0 aliphatic carbocycles. The normalized spacial score (nSPS) is 16.6. The lowest BCUT2D eigenvalue weighted by atomic mass is 10.0. The first-order chi connectivity index (χ1) is 13.7. The van der Waals surface area contributed by atoms with Gasteiger partial charge in [-0.15, -0.1) is 0 Å². The molecule has 1 aliphatic heterocycles. The minimum atomic E-state index is -3.76. The lowest BCUT2D eigenvalue weighted by molar-refractivity contribution is 0.288. The van der Waals surface area contributed by atoms with Crippen LogP contribution in [-0.4, -0.2) is 41.3 Å². The van der Waals surface area contributed by atoms with E-state index in [0.29, 0.717) is 24.8 Å². The van der Waals surface area contributed by atoms with Crippen LogP contribution in [0.25, 0.3) is 0 Å². The molecule has 158 valence electrons. The maximum Gasteiger partial charge on any atom is 0.243 e. The molecule has 2 aromatic carbocycles. The zero-order chi connectivity index (χ0) is 21.1. The molecular formula is C20H26N2O5S2. The Morgan fingerprint density at radius 3 is 2.03 bits per heavy atom. The van der Waals surface area contributed by atoms with Crippen LogP contribution >= 0.6 is 0 Å². The molecule has 1 heterocycles. The second-order valence-corrected chi connectivity index (χ2v) is 10.9. The number of sulfonamides is 2. The Kier molecular flexibility index (Phi) is 6.62. The van der Waals surface area contributed by atoms with Crippen molar-refractivity contribution < 1.29 is 21.6 Å². The highest BCUT2D eigenvalue weighted by molar-refractivity contribution is 7.89. The summed E-state index contributed by atoms with van der Waals surface area (Å²) >= 11 is 0. The van der Waals surface area contributed by atoms with Crippen LogP contribution in [-0.2, 0) is 26.6 Å². The molecule has 7 nitrogen and oxygen atoms in total. The second-order valence-electron chi connectivity index (χ2n) is 7.23. The van der Waals surface area contributed by atoms with Crippen molar-refractivity contribution in [1.29, 1.82) is 0 Å². The molecule has 0 spiro atoms. The Labute approximate surface area is 172 Å². The van der Waals surface area contributed by atoms with Crippen LogP contribution in [0.3, 0.4) is 0 Å². The van der Waals surface area contributed by atoms with Gasteiger partial charge in [0.2, 0.25) is 20.0 Å². The summed E-state index contributed by atoms with van der Waals surface area (Å²) in [5, 5.41) is 0. The summed E-state index contributed by atoms with van der Waals surface area (Å²) in [5.41, 5.74) is 0.785. The van der Waals surface area contributed by atoms with Gasteiger partial charge in [0.15, 0.2) is 0 Å². The average Bonchev–Trinajstić information content (AvgIpc) is 2.73. The second kappa shape index (κ2) is 8.83. The predicted octanol–water partition coefficient (Wildman–Crippen LogP) is 2.59. The number of ether oxygens (including phenoxy) is 1. The Bertz CT molecular complexity index is 1030. The molecule has 1 aliphatic rings. The van der Waals surface area contributed by atoms with Crippen molar-refractivity contribution in [3.05, 3.63) is 54.1 Å². The van der Waals surface area contributed by atoms with E-state index in [1.165, 1.54) is 28.6 Å². The van der Waals surface area contributed by atoms with E-state index in [0.717, 1.165) is 18.4 Å². The van der Waals surface area contributed by atoms with E-state index in [9.17, 15) is 16.8 Å². The summed E-state index contributed by atoms with van der Waals surface area (Å²) < 4.78 is 59.7. The first-order valence-corrected chi connectivity index (χ1v) is 12.4. The topological polar surface area (TPSA) is 92.8 Å². The van der Waals surface area contributed by atoms with Gasteiger partial charge in [0.25, 0.3) is 0 Å². The van der Waals surface area contributed by atoms with Crippen LogP contribution in [0.4, 0.5) is 0 Å². The summed E-state index contributed by atoms with van der Waals surface area (Å²) in [4.78, 5) is 0.137. The van der Waals surface area contributed by atoms with E-state index < -0.39 is 20.0 Å². The number of hydrogen-bond acceptors (Lipinski definition) is 5. The average molecular weight is 439 g/mol. The quantitative estimate of drug-likeness (QED) is 0.717. The van der Waals surface area contributed by atoms with Gasteiger partial charge in [0.1, 0.15) is 5.75 Å². The van der Waals surface area contributed by atoms with Gasteiger partial charge < -0.3 is 4.74 Å². The molecule has 0 unspecified atom stereocenters. The highest BCUT2D eigenvalue weighted by atomic mass is 32.2. The highest BCUT2D eigenvalue weighted by Gasteiger charge is 2.28. The van der Waals surface area contributed by atoms with Crippen LogP contribution in [0.5, 0.6) is 5.75 Å². The fraction of sp³-hybridized carbons (Fsp3) is 0.400. The number of rotatable bonds is 7. The largest absolute Gasteiger partial charge is 0.497 e. The van der Waals surface area contributed by atoms with E-state index in [1.54, 1.807) is 31.4 Å². The molecule has 2 aromatic rings. The van der Waals surface area contributed by atoms with Gasteiger partial charge in [-0.05, 0) is 60.7 Å². The standard InChI is InChI=1S/C20H26N2O5S2/c1-16-11-13-22(14-12-16)29(25,26)20-9-7-19(8-10-20)28(23,24)21-15-17-3-5-18(27-2)6-4-17/h3-10,16,21H,11-15H2,1-2H3. The Hall–Kier alpha value is -1.94. The number of nitrogens with zero attached hydrogens (tertiary/aromatic N) is 1. The lowest BCUT2D eigenvalue weighted by Gasteiger charge is -2.29. The van der Waals surface area contributed by atoms with Crippen molar-refractivity contribution in [3.63, 3.8) is 0 Å². The molecule has 0 aromatic heterocycles. The number of benzene rings is 2. The van der Waals surface area contributed by atoms with Crippen molar-refractivity contribution >= 4 is 20.0 Å². The fourth-order valence-electron chi connectivity index (χ4n) is 3.17. The number of piperidine rings is 1. The maximum atomic E-state index is 12.8. The smallest absolute Gasteiger partial charge is 0.243 e. The zero-order valence-electron chi connectivity index (χ0n) is 16.5.